The Morgan fingerprint density at radius 1 is 0.591 bits per heavy atom. The van der Waals surface area contributed by atoms with Crippen LogP contribution >= 0.6 is 30.1 Å². The Kier molecular flexibility index (Phi) is 5.33. The van der Waals surface area contributed by atoms with Crippen molar-refractivity contribution < 1.29 is 0 Å². The highest BCUT2D eigenvalue weighted by Crippen LogP contribution is 2.32. The van der Waals surface area contributed by atoms with Crippen LogP contribution in [0.5, 0.6) is 0 Å². The lowest BCUT2D eigenvalue weighted by atomic mass is 10.3. The summed E-state index contributed by atoms with van der Waals surface area (Å²) in [4.78, 5) is 0. The molecule has 0 saturated heterocycles. The zero-order chi connectivity index (χ0) is 15.4. The predicted octanol–water partition coefficient (Wildman–Crippen LogP) is 3.62. The second-order valence-corrected chi connectivity index (χ2v) is 10.9. The molecule has 0 aliphatic rings. The van der Waals surface area contributed by atoms with Crippen LogP contribution in [0.25, 0.3) is 0 Å². The zero-order valence-corrected chi connectivity index (χ0v) is 15.2. The molecule has 3 aromatic rings. The Morgan fingerprint density at radius 2 is 1.05 bits per heavy atom. The SMILES string of the molecule is Cl[Si](Cl)c1ccccc1P(c1ccccc1)c1ccccc1. The van der Waals surface area contributed by atoms with E-state index in [1.54, 1.807) is 0 Å². The van der Waals surface area contributed by atoms with Gasteiger partial charge in [-0.15, -0.1) is 22.2 Å². The molecule has 4 heteroatoms. The molecule has 3 rings (SSSR count). The van der Waals surface area contributed by atoms with Gasteiger partial charge in [-0.3, -0.25) is 0 Å². The van der Waals surface area contributed by atoms with Crippen LogP contribution in [0.1, 0.15) is 0 Å². The molecule has 0 unspecified atom stereocenters. The van der Waals surface area contributed by atoms with E-state index in [0.29, 0.717) is 0 Å². The molecule has 109 valence electrons. The standard InChI is InChI=1S/C18H14Cl2PSi/c19-22(20)18-14-8-7-13-17(18)21(15-9-3-1-4-10-15)16-11-5-2-6-12-16/h1-14H. The number of rotatable bonds is 4. The summed E-state index contributed by atoms with van der Waals surface area (Å²) in [5.74, 6) is 0. The molecule has 0 spiro atoms. The molecule has 0 nitrogen and oxygen atoms in total. The van der Waals surface area contributed by atoms with Gasteiger partial charge in [-0.1, -0.05) is 84.9 Å². The molecular formula is C18H14Cl2PSi. The Labute approximate surface area is 143 Å². The highest BCUT2D eigenvalue weighted by Gasteiger charge is 2.22. The minimum atomic E-state index is -1.54. The molecule has 0 fully saturated rings. The summed E-state index contributed by atoms with van der Waals surface area (Å²) >= 11 is 12.6. The quantitative estimate of drug-likeness (QED) is 0.379. The van der Waals surface area contributed by atoms with Crippen molar-refractivity contribution in [3.63, 3.8) is 0 Å². The molecule has 0 aliphatic carbocycles. The van der Waals surface area contributed by atoms with Crippen LogP contribution in [-0.2, 0) is 0 Å². The minimum absolute atomic E-state index is 0.643. The molecule has 3 aromatic carbocycles. The first kappa shape index (κ1) is 15.8. The fraction of sp³-hybridized carbons (Fsp3) is 0. The third kappa shape index (κ3) is 3.44. The van der Waals surface area contributed by atoms with Crippen LogP contribution in [0.4, 0.5) is 0 Å². The first-order valence-electron chi connectivity index (χ1n) is 6.95. The fourth-order valence-corrected chi connectivity index (χ4v) is 7.31. The second kappa shape index (κ2) is 7.44. The average molecular weight is 360 g/mol. The second-order valence-electron chi connectivity index (χ2n) is 4.78. The molecular weight excluding hydrogens is 346 g/mol. The van der Waals surface area contributed by atoms with Crippen LogP contribution in [-0.4, -0.2) is 7.42 Å². The van der Waals surface area contributed by atoms with E-state index in [0.717, 1.165) is 5.19 Å². The number of hydrogen-bond donors (Lipinski definition) is 0. The van der Waals surface area contributed by atoms with E-state index in [4.69, 9.17) is 22.2 Å². The van der Waals surface area contributed by atoms with Crippen molar-refractivity contribution in [1.29, 1.82) is 0 Å². The zero-order valence-electron chi connectivity index (χ0n) is 11.8. The summed E-state index contributed by atoms with van der Waals surface area (Å²) in [6.45, 7) is 0. The minimum Gasteiger partial charge on any atom is -0.140 e. The highest BCUT2D eigenvalue weighted by atomic mass is 35.7. The highest BCUT2D eigenvalue weighted by molar-refractivity contribution is 7.80. The van der Waals surface area contributed by atoms with Gasteiger partial charge in [0.25, 0.3) is 0 Å². The maximum atomic E-state index is 6.30. The van der Waals surface area contributed by atoms with E-state index in [-0.39, 0.29) is 0 Å². The Bertz CT molecular complexity index is 693. The van der Waals surface area contributed by atoms with Crippen molar-refractivity contribution in [2.24, 2.45) is 0 Å². The van der Waals surface area contributed by atoms with Crippen molar-refractivity contribution in [2.45, 2.75) is 0 Å². The van der Waals surface area contributed by atoms with Gasteiger partial charge in [-0.05, 0) is 29.0 Å². The molecule has 22 heavy (non-hydrogen) atoms. The van der Waals surface area contributed by atoms with Crippen molar-refractivity contribution in [3.05, 3.63) is 84.9 Å². The molecule has 1 radical (unpaired) electrons. The van der Waals surface area contributed by atoms with Crippen molar-refractivity contribution in [3.8, 4) is 0 Å². The van der Waals surface area contributed by atoms with Gasteiger partial charge in [0.15, 0.2) is 0 Å². The Hall–Kier alpha value is -1.11. The van der Waals surface area contributed by atoms with Gasteiger partial charge in [0.2, 0.25) is 0 Å². The third-order valence-corrected chi connectivity index (χ3v) is 8.15. The van der Waals surface area contributed by atoms with Gasteiger partial charge >= 0.3 is 7.42 Å². The average Bonchev–Trinajstić information content (AvgIpc) is 2.57. The molecule has 0 atom stereocenters. The molecule has 0 saturated carbocycles. The lowest BCUT2D eigenvalue weighted by Crippen LogP contribution is -2.37. The van der Waals surface area contributed by atoms with Gasteiger partial charge in [0.1, 0.15) is 0 Å². The van der Waals surface area contributed by atoms with Crippen molar-refractivity contribution in [1.82, 2.24) is 0 Å². The van der Waals surface area contributed by atoms with E-state index < -0.39 is 15.3 Å². The summed E-state index contributed by atoms with van der Waals surface area (Å²) < 4.78 is 0. The van der Waals surface area contributed by atoms with E-state index >= 15 is 0 Å². The summed E-state index contributed by atoms with van der Waals surface area (Å²) in [5, 5.41) is 4.98. The normalized spacial score (nSPS) is 11.1. The van der Waals surface area contributed by atoms with Gasteiger partial charge in [0.05, 0.1) is 0 Å². The van der Waals surface area contributed by atoms with Crippen LogP contribution in [0, 0.1) is 0 Å². The van der Waals surface area contributed by atoms with Crippen LogP contribution in [0.2, 0.25) is 0 Å². The van der Waals surface area contributed by atoms with Gasteiger partial charge in [-0.25, -0.2) is 0 Å². The third-order valence-electron chi connectivity index (χ3n) is 3.38. The summed E-state index contributed by atoms with van der Waals surface area (Å²) in [7, 11) is -2.18. The summed E-state index contributed by atoms with van der Waals surface area (Å²) in [6, 6.07) is 29.5. The lowest BCUT2D eigenvalue weighted by molar-refractivity contribution is 1.75. The van der Waals surface area contributed by atoms with Gasteiger partial charge in [-0.2, -0.15) is 0 Å². The maximum Gasteiger partial charge on any atom is 0.307 e. The van der Waals surface area contributed by atoms with E-state index in [1.165, 1.54) is 15.9 Å². The summed E-state index contributed by atoms with van der Waals surface area (Å²) in [6.07, 6.45) is 0. The molecule has 0 aromatic heterocycles. The molecule has 0 N–H and O–H groups in total. The molecule has 0 bridgehead atoms. The molecule has 0 heterocycles. The maximum absolute atomic E-state index is 6.30. The van der Waals surface area contributed by atoms with Crippen molar-refractivity contribution >= 4 is 58.6 Å². The van der Waals surface area contributed by atoms with E-state index in [1.807, 2.05) is 18.2 Å². The molecule has 0 aliphatic heterocycles. The van der Waals surface area contributed by atoms with E-state index in [9.17, 15) is 0 Å². The number of benzene rings is 3. The van der Waals surface area contributed by atoms with Crippen LogP contribution in [0.3, 0.4) is 0 Å². The topological polar surface area (TPSA) is 0 Å². The van der Waals surface area contributed by atoms with Gasteiger partial charge in [0, 0.05) is 0 Å². The summed E-state index contributed by atoms with van der Waals surface area (Å²) in [5.41, 5.74) is 0. The Balaban J connectivity index is 2.19. The lowest BCUT2D eigenvalue weighted by Gasteiger charge is -2.22. The van der Waals surface area contributed by atoms with Gasteiger partial charge < -0.3 is 0 Å². The van der Waals surface area contributed by atoms with Crippen molar-refractivity contribution in [2.75, 3.05) is 0 Å². The first-order valence-corrected chi connectivity index (χ1v) is 11.8. The monoisotopic (exact) mass is 359 g/mol. The smallest absolute Gasteiger partial charge is 0.140 e. The first-order chi connectivity index (χ1) is 10.8. The van der Waals surface area contributed by atoms with Crippen LogP contribution < -0.4 is 21.1 Å². The fourth-order valence-electron chi connectivity index (χ4n) is 2.41. The predicted molar refractivity (Wildman–Crippen MR) is 102 cm³/mol. The number of hydrogen-bond acceptors (Lipinski definition) is 0. The van der Waals surface area contributed by atoms with Crippen LogP contribution in [0.15, 0.2) is 84.9 Å². The Morgan fingerprint density at radius 3 is 1.55 bits per heavy atom. The molecule has 0 amide bonds. The van der Waals surface area contributed by atoms with E-state index in [2.05, 4.69) is 66.7 Å². The largest absolute Gasteiger partial charge is 0.307 e. The number of halogens is 2.